The van der Waals surface area contributed by atoms with Crippen LogP contribution in [-0.4, -0.2) is 90.2 Å². The molecule has 3 rings (SSSR count). The van der Waals surface area contributed by atoms with Crippen molar-refractivity contribution in [3.05, 3.63) is 16.0 Å². The molecule has 9 heteroatoms. The fourth-order valence-electron chi connectivity index (χ4n) is 4.92. The zero-order valence-electron chi connectivity index (χ0n) is 22.6. The molecule has 3 heterocycles. The van der Waals surface area contributed by atoms with Gasteiger partial charge in [-0.1, -0.05) is 64.1 Å². The first kappa shape index (κ1) is 29.0. The number of carbonyl (C=O) groups excluding carboxylic acids is 1. The van der Waals surface area contributed by atoms with Crippen LogP contribution in [0.4, 0.5) is 6.01 Å². The number of nitrogens with zero attached hydrogens (tertiary/aromatic N) is 4. The van der Waals surface area contributed by atoms with Gasteiger partial charge in [-0.3, -0.25) is 9.69 Å². The minimum Gasteiger partial charge on any atom is -0.389 e. The molecule has 8 nitrogen and oxygen atoms in total. The summed E-state index contributed by atoms with van der Waals surface area (Å²) in [5.41, 5.74) is 0.204. The maximum Gasteiger partial charge on any atom is 0.344 e. The van der Waals surface area contributed by atoms with Gasteiger partial charge in [0.05, 0.1) is 11.3 Å². The van der Waals surface area contributed by atoms with Crippen LogP contribution in [0, 0.1) is 0 Å². The number of nitrogens with one attached hydrogen (secondary N) is 1. The molecule has 2 aliphatic rings. The van der Waals surface area contributed by atoms with Crippen LogP contribution in [0.25, 0.3) is 0 Å². The molecule has 2 fully saturated rings. The molecule has 2 saturated heterocycles. The number of rotatable bonds is 15. The third-order valence-corrected chi connectivity index (χ3v) is 8.30. The molecular weight excluding hydrogens is 474 g/mol. The zero-order valence-corrected chi connectivity index (χ0v) is 23.4. The topological polar surface area (TPSA) is 81.9 Å². The molecule has 36 heavy (non-hydrogen) atoms. The number of anilines is 1. The smallest absolute Gasteiger partial charge is 0.344 e. The first-order valence-electron chi connectivity index (χ1n) is 14.2. The Hall–Kier alpha value is -1.58. The molecule has 1 N–H and O–H groups in total. The van der Waals surface area contributed by atoms with Gasteiger partial charge in [-0.2, -0.15) is 4.98 Å². The van der Waals surface area contributed by atoms with Gasteiger partial charge in [0.15, 0.2) is 0 Å². The van der Waals surface area contributed by atoms with E-state index < -0.39 is 0 Å². The second kappa shape index (κ2) is 16.3. The van der Waals surface area contributed by atoms with Gasteiger partial charge in [0.1, 0.15) is 5.03 Å². The molecule has 1 aromatic heterocycles. The fourth-order valence-corrected chi connectivity index (χ4v) is 5.91. The molecule has 204 valence electrons. The molecule has 0 radical (unpaired) electrons. The van der Waals surface area contributed by atoms with Gasteiger partial charge in [0.2, 0.25) is 5.91 Å². The number of unbranched alkanes of at least 4 members (excludes halogenated alkanes) is 5. The Bertz CT molecular complexity index is 835. The lowest BCUT2D eigenvalue weighted by molar-refractivity contribution is -0.130. The minimum atomic E-state index is -0.352. The Labute approximate surface area is 221 Å². The molecular formula is C27H47N5O3S. The minimum absolute atomic E-state index is 0.120. The van der Waals surface area contributed by atoms with Gasteiger partial charge in [-0.05, 0) is 38.8 Å². The van der Waals surface area contributed by atoms with Crippen LogP contribution in [0.5, 0.6) is 0 Å². The summed E-state index contributed by atoms with van der Waals surface area (Å²) >= 11 is 1.36. The molecule has 0 aliphatic carbocycles. The van der Waals surface area contributed by atoms with E-state index in [1.54, 1.807) is 0 Å². The van der Waals surface area contributed by atoms with Crippen molar-refractivity contribution in [1.29, 1.82) is 0 Å². The third-order valence-electron chi connectivity index (χ3n) is 7.30. The highest BCUT2D eigenvalue weighted by Gasteiger charge is 2.23. The van der Waals surface area contributed by atoms with E-state index in [1.807, 2.05) is 11.8 Å². The Morgan fingerprint density at radius 2 is 1.58 bits per heavy atom. The van der Waals surface area contributed by atoms with Gasteiger partial charge in [-0.15, -0.1) is 0 Å². The predicted octanol–water partition coefficient (Wildman–Crippen LogP) is 4.09. The number of aromatic nitrogens is 1. The Kier molecular flexibility index (Phi) is 13.1. The molecule has 0 atom stereocenters. The van der Waals surface area contributed by atoms with E-state index in [4.69, 9.17) is 4.42 Å². The summed E-state index contributed by atoms with van der Waals surface area (Å²) in [7, 11) is 0. The molecule has 0 saturated carbocycles. The van der Waals surface area contributed by atoms with Gasteiger partial charge >= 0.3 is 5.63 Å². The van der Waals surface area contributed by atoms with E-state index in [1.165, 1.54) is 69.8 Å². The van der Waals surface area contributed by atoms with Crippen molar-refractivity contribution >= 4 is 23.7 Å². The molecule has 1 aromatic rings. The Morgan fingerprint density at radius 1 is 0.917 bits per heavy atom. The van der Waals surface area contributed by atoms with Crippen molar-refractivity contribution in [3.63, 3.8) is 0 Å². The van der Waals surface area contributed by atoms with Crippen molar-refractivity contribution < 1.29 is 9.21 Å². The summed E-state index contributed by atoms with van der Waals surface area (Å²) < 4.78 is 5.39. The van der Waals surface area contributed by atoms with Crippen molar-refractivity contribution in [2.75, 3.05) is 70.0 Å². The fraction of sp³-hybridized carbons (Fsp3) is 0.815. The second-order valence-electron chi connectivity index (χ2n) is 10.1. The standard InChI is InChI=1S/C27H47N5O3S/c1-3-5-6-7-8-10-13-28-27-29-25(23(4-2)26(34)35-27)36-22-24(33)32-20-18-31(19-21-32)17-16-30-14-11-9-12-15-30/h3-22H2,1-2H3,(H,28,29). The van der Waals surface area contributed by atoms with E-state index in [2.05, 4.69) is 27.0 Å². The van der Waals surface area contributed by atoms with Crippen molar-refractivity contribution in [1.82, 2.24) is 19.7 Å². The summed E-state index contributed by atoms with van der Waals surface area (Å²) in [6, 6.07) is 0.267. The summed E-state index contributed by atoms with van der Waals surface area (Å²) in [5.74, 6) is 0.419. The highest BCUT2D eigenvalue weighted by molar-refractivity contribution is 7.99. The van der Waals surface area contributed by atoms with E-state index >= 15 is 0 Å². The lowest BCUT2D eigenvalue weighted by atomic mass is 10.1. The largest absolute Gasteiger partial charge is 0.389 e. The van der Waals surface area contributed by atoms with Crippen LogP contribution in [-0.2, 0) is 11.2 Å². The number of carbonyl (C=O) groups is 1. The summed E-state index contributed by atoms with van der Waals surface area (Å²) in [5, 5.41) is 3.78. The monoisotopic (exact) mass is 521 g/mol. The first-order chi connectivity index (χ1) is 17.6. The number of amides is 1. The van der Waals surface area contributed by atoms with Crippen LogP contribution in [0.1, 0.15) is 77.2 Å². The number of likely N-dealkylation sites (tertiary alicyclic amines) is 1. The van der Waals surface area contributed by atoms with Gasteiger partial charge < -0.3 is 19.5 Å². The Morgan fingerprint density at radius 3 is 2.28 bits per heavy atom. The van der Waals surface area contributed by atoms with E-state index in [0.29, 0.717) is 22.8 Å². The molecule has 0 aromatic carbocycles. The quantitative estimate of drug-likeness (QED) is 0.273. The first-order valence-corrected chi connectivity index (χ1v) is 15.2. The predicted molar refractivity (Wildman–Crippen MR) is 148 cm³/mol. The third kappa shape index (κ3) is 9.71. The van der Waals surface area contributed by atoms with Gasteiger partial charge in [-0.25, -0.2) is 4.79 Å². The van der Waals surface area contributed by atoms with Crippen LogP contribution in [0.2, 0.25) is 0 Å². The normalized spacial score (nSPS) is 17.4. The number of piperazine rings is 1. The average molecular weight is 522 g/mol. The SMILES string of the molecule is CCCCCCCCNc1nc(SCC(=O)N2CCN(CCN3CCCCC3)CC2)c(CC)c(=O)o1. The van der Waals surface area contributed by atoms with Gasteiger partial charge in [0.25, 0.3) is 6.01 Å². The number of hydrogen-bond donors (Lipinski definition) is 1. The maximum absolute atomic E-state index is 12.9. The van der Waals surface area contributed by atoms with Crippen molar-refractivity contribution in [2.45, 2.75) is 83.1 Å². The Balaban J connectivity index is 1.41. The summed E-state index contributed by atoms with van der Waals surface area (Å²) in [4.78, 5) is 37.0. The van der Waals surface area contributed by atoms with E-state index in [-0.39, 0.29) is 17.5 Å². The van der Waals surface area contributed by atoms with Crippen LogP contribution in [0.15, 0.2) is 14.2 Å². The number of thioether (sulfide) groups is 1. The number of piperidine rings is 1. The van der Waals surface area contributed by atoms with Crippen molar-refractivity contribution in [3.8, 4) is 0 Å². The summed E-state index contributed by atoms with van der Waals surface area (Å²) in [6.45, 7) is 13.0. The van der Waals surface area contributed by atoms with Crippen molar-refractivity contribution in [2.24, 2.45) is 0 Å². The highest BCUT2D eigenvalue weighted by Crippen LogP contribution is 2.22. The average Bonchev–Trinajstić information content (AvgIpc) is 2.90. The van der Waals surface area contributed by atoms with Gasteiger partial charge in [0, 0.05) is 45.8 Å². The lowest BCUT2D eigenvalue weighted by Gasteiger charge is -2.36. The highest BCUT2D eigenvalue weighted by atomic mass is 32.2. The maximum atomic E-state index is 12.9. The second-order valence-corrected chi connectivity index (χ2v) is 11.0. The lowest BCUT2D eigenvalue weighted by Crippen LogP contribution is -2.51. The molecule has 0 spiro atoms. The van der Waals surface area contributed by atoms with E-state index in [0.717, 1.165) is 58.7 Å². The number of hydrogen-bond acceptors (Lipinski definition) is 8. The van der Waals surface area contributed by atoms with Crippen LogP contribution < -0.4 is 10.9 Å². The van der Waals surface area contributed by atoms with Crippen LogP contribution in [0.3, 0.4) is 0 Å². The molecule has 1 amide bonds. The summed E-state index contributed by atoms with van der Waals surface area (Å²) in [6.07, 6.45) is 11.8. The molecule has 2 aliphatic heterocycles. The van der Waals surface area contributed by atoms with E-state index in [9.17, 15) is 9.59 Å². The molecule has 0 unspecified atom stereocenters. The zero-order chi connectivity index (χ0) is 25.6. The molecule has 0 bridgehead atoms. The van der Waals surface area contributed by atoms with Crippen LogP contribution >= 0.6 is 11.8 Å².